The van der Waals surface area contributed by atoms with Crippen LogP contribution >= 0.6 is 0 Å². The first-order chi connectivity index (χ1) is 16.7. The van der Waals surface area contributed by atoms with Crippen LogP contribution in [-0.4, -0.2) is 54.1 Å². The number of aliphatic hydroxyl groups is 2. The van der Waals surface area contributed by atoms with Gasteiger partial charge in [-0.05, 0) is 23.1 Å². The van der Waals surface area contributed by atoms with Crippen LogP contribution in [0.5, 0.6) is 0 Å². The van der Waals surface area contributed by atoms with Crippen LogP contribution in [0.2, 0.25) is 0 Å². The van der Waals surface area contributed by atoms with Gasteiger partial charge in [0.25, 0.3) is 0 Å². The first-order valence-electron chi connectivity index (χ1n) is 11.6. The molecule has 34 heavy (non-hydrogen) atoms. The number of ether oxygens (including phenoxy) is 4. The molecular formula is C28H32O6. The van der Waals surface area contributed by atoms with Gasteiger partial charge in [-0.3, -0.25) is 0 Å². The Morgan fingerprint density at radius 3 is 1.91 bits per heavy atom. The summed E-state index contributed by atoms with van der Waals surface area (Å²) < 4.78 is 23.9. The number of benzene rings is 3. The fourth-order valence-corrected chi connectivity index (χ4v) is 4.01. The first kappa shape index (κ1) is 24.5. The number of hydrogen-bond donors (Lipinski definition) is 2. The normalized spacial score (nSPS) is 23.1. The van der Waals surface area contributed by atoms with Crippen LogP contribution in [0, 0.1) is 0 Å². The van der Waals surface area contributed by atoms with E-state index in [1.54, 1.807) is 0 Å². The van der Waals surface area contributed by atoms with E-state index in [1.807, 2.05) is 91.0 Å². The van der Waals surface area contributed by atoms with Gasteiger partial charge in [-0.15, -0.1) is 0 Å². The molecule has 0 radical (unpaired) electrons. The molecule has 3 aromatic rings. The third kappa shape index (κ3) is 6.96. The second-order valence-corrected chi connectivity index (χ2v) is 8.39. The maximum absolute atomic E-state index is 10.6. The van der Waals surface area contributed by atoms with Crippen molar-refractivity contribution in [3.05, 3.63) is 108 Å². The van der Waals surface area contributed by atoms with Gasteiger partial charge in [-0.25, -0.2) is 0 Å². The molecule has 0 bridgehead atoms. The summed E-state index contributed by atoms with van der Waals surface area (Å²) in [5, 5.41) is 20.8. The van der Waals surface area contributed by atoms with Gasteiger partial charge in [0, 0.05) is 0 Å². The van der Waals surface area contributed by atoms with Crippen LogP contribution in [0.25, 0.3) is 0 Å². The zero-order valence-corrected chi connectivity index (χ0v) is 19.1. The van der Waals surface area contributed by atoms with Gasteiger partial charge in [0.1, 0.15) is 24.4 Å². The standard InChI is InChI=1S/C28H32O6/c29-25-27(32-17-16-21-10-4-1-5-11-21)26(34-28(25)30)24(33-19-23-14-8-3-9-15-23)20-31-18-22-12-6-2-7-13-22/h1-15,24-30H,16-20H2/t24?,25?,26-,27?,28+/m1/s1. The predicted molar refractivity (Wildman–Crippen MR) is 128 cm³/mol. The molecule has 6 heteroatoms. The monoisotopic (exact) mass is 464 g/mol. The quantitative estimate of drug-likeness (QED) is 0.427. The maximum atomic E-state index is 10.6. The van der Waals surface area contributed by atoms with E-state index in [0.29, 0.717) is 26.2 Å². The second-order valence-electron chi connectivity index (χ2n) is 8.39. The average Bonchev–Trinajstić information content (AvgIpc) is 3.16. The van der Waals surface area contributed by atoms with Crippen LogP contribution in [0.4, 0.5) is 0 Å². The van der Waals surface area contributed by atoms with E-state index in [-0.39, 0.29) is 6.61 Å². The molecule has 0 saturated carbocycles. The molecule has 1 fully saturated rings. The van der Waals surface area contributed by atoms with Crippen molar-refractivity contribution in [2.24, 2.45) is 0 Å². The summed E-state index contributed by atoms with van der Waals surface area (Å²) in [7, 11) is 0. The lowest BCUT2D eigenvalue weighted by molar-refractivity contribution is -0.169. The van der Waals surface area contributed by atoms with E-state index in [2.05, 4.69) is 0 Å². The van der Waals surface area contributed by atoms with Gasteiger partial charge in [0.05, 0.1) is 26.4 Å². The van der Waals surface area contributed by atoms with Crippen molar-refractivity contribution in [2.75, 3.05) is 13.2 Å². The summed E-state index contributed by atoms with van der Waals surface area (Å²) in [5.41, 5.74) is 3.19. The largest absolute Gasteiger partial charge is 0.385 e. The summed E-state index contributed by atoms with van der Waals surface area (Å²) in [5.74, 6) is 0. The zero-order valence-electron chi connectivity index (χ0n) is 19.1. The smallest absolute Gasteiger partial charge is 0.184 e. The van der Waals surface area contributed by atoms with Crippen molar-refractivity contribution in [3.63, 3.8) is 0 Å². The molecule has 0 aromatic heterocycles. The van der Waals surface area contributed by atoms with E-state index in [9.17, 15) is 10.2 Å². The van der Waals surface area contributed by atoms with Crippen LogP contribution in [0.1, 0.15) is 16.7 Å². The van der Waals surface area contributed by atoms with Crippen LogP contribution in [-0.2, 0) is 38.6 Å². The third-order valence-electron chi connectivity index (χ3n) is 5.86. The first-order valence-corrected chi connectivity index (χ1v) is 11.6. The molecule has 1 saturated heterocycles. The minimum atomic E-state index is -1.34. The highest BCUT2D eigenvalue weighted by atomic mass is 16.7. The molecule has 4 rings (SSSR count). The Balaban J connectivity index is 1.41. The topological polar surface area (TPSA) is 77.4 Å². The summed E-state index contributed by atoms with van der Waals surface area (Å²) in [6.07, 6.45) is -3.79. The summed E-state index contributed by atoms with van der Waals surface area (Å²) >= 11 is 0. The predicted octanol–water partition coefficient (Wildman–Crippen LogP) is 3.49. The van der Waals surface area contributed by atoms with Crippen molar-refractivity contribution in [1.82, 2.24) is 0 Å². The minimum Gasteiger partial charge on any atom is -0.385 e. The van der Waals surface area contributed by atoms with Crippen LogP contribution < -0.4 is 0 Å². The van der Waals surface area contributed by atoms with Gasteiger partial charge >= 0.3 is 0 Å². The van der Waals surface area contributed by atoms with Crippen molar-refractivity contribution >= 4 is 0 Å². The van der Waals surface area contributed by atoms with Crippen LogP contribution in [0.3, 0.4) is 0 Å². The number of hydrogen-bond acceptors (Lipinski definition) is 6. The highest BCUT2D eigenvalue weighted by Gasteiger charge is 2.48. The summed E-state index contributed by atoms with van der Waals surface area (Å²) in [6, 6.07) is 29.7. The summed E-state index contributed by atoms with van der Waals surface area (Å²) in [6.45, 7) is 1.38. The lowest BCUT2D eigenvalue weighted by Crippen LogP contribution is -2.44. The molecule has 3 aromatic carbocycles. The number of aliphatic hydroxyl groups excluding tert-OH is 2. The molecule has 0 aliphatic carbocycles. The average molecular weight is 465 g/mol. The van der Waals surface area contributed by atoms with E-state index in [1.165, 1.54) is 0 Å². The molecule has 1 aliphatic rings. The maximum Gasteiger partial charge on any atom is 0.184 e. The second kappa shape index (κ2) is 12.8. The van der Waals surface area contributed by atoms with Gasteiger partial charge in [0.2, 0.25) is 0 Å². The Bertz CT molecular complexity index is 952. The van der Waals surface area contributed by atoms with Crippen molar-refractivity contribution < 1.29 is 29.2 Å². The van der Waals surface area contributed by atoms with Crippen molar-refractivity contribution in [2.45, 2.75) is 50.3 Å². The molecule has 1 heterocycles. The Kier molecular flexibility index (Phi) is 9.21. The molecule has 6 nitrogen and oxygen atoms in total. The molecular weight excluding hydrogens is 432 g/mol. The highest BCUT2D eigenvalue weighted by Crippen LogP contribution is 2.28. The fourth-order valence-electron chi connectivity index (χ4n) is 4.01. The fraction of sp³-hybridized carbons (Fsp3) is 0.357. The van der Waals surface area contributed by atoms with Gasteiger partial charge < -0.3 is 29.2 Å². The molecule has 180 valence electrons. The zero-order chi connectivity index (χ0) is 23.6. The Morgan fingerprint density at radius 1 is 0.735 bits per heavy atom. The van der Waals surface area contributed by atoms with E-state index >= 15 is 0 Å². The number of rotatable bonds is 12. The Morgan fingerprint density at radius 2 is 1.29 bits per heavy atom. The van der Waals surface area contributed by atoms with Gasteiger partial charge in [-0.1, -0.05) is 91.0 Å². The van der Waals surface area contributed by atoms with Gasteiger partial charge in [-0.2, -0.15) is 0 Å². The van der Waals surface area contributed by atoms with E-state index in [0.717, 1.165) is 16.7 Å². The molecule has 0 amide bonds. The third-order valence-corrected chi connectivity index (χ3v) is 5.86. The van der Waals surface area contributed by atoms with E-state index in [4.69, 9.17) is 18.9 Å². The van der Waals surface area contributed by atoms with Crippen molar-refractivity contribution in [1.29, 1.82) is 0 Å². The Labute approximate surface area is 200 Å². The lowest BCUT2D eigenvalue weighted by atomic mass is 10.1. The molecule has 1 aliphatic heterocycles. The Hall–Kier alpha value is -2.58. The van der Waals surface area contributed by atoms with Gasteiger partial charge in [0.15, 0.2) is 6.29 Å². The molecule has 5 atom stereocenters. The minimum absolute atomic E-state index is 0.227. The highest BCUT2D eigenvalue weighted by molar-refractivity contribution is 5.15. The summed E-state index contributed by atoms with van der Waals surface area (Å²) in [4.78, 5) is 0. The lowest BCUT2D eigenvalue weighted by Gasteiger charge is -2.28. The van der Waals surface area contributed by atoms with Crippen molar-refractivity contribution in [3.8, 4) is 0 Å². The molecule has 2 N–H and O–H groups in total. The van der Waals surface area contributed by atoms with E-state index < -0.39 is 30.7 Å². The molecule has 3 unspecified atom stereocenters. The SMILES string of the molecule is OC1C(OCCc2ccccc2)[C@@H](C(COCc2ccccc2)OCc2ccccc2)O[C@@H]1O. The van der Waals surface area contributed by atoms with Crippen LogP contribution in [0.15, 0.2) is 91.0 Å². The molecule has 0 spiro atoms.